The zero-order valence-corrected chi connectivity index (χ0v) is 20.7. The van der Waals surface area contributed by atoms with Crippen molar-refractivity contribution in [3.8, 4) is 11.1 Å². The molecular weight excluding hydrogens is 506 g/mol. The summed E-state index contributed by atoms with van der Waals surface area (Å²) in [7, 11) is -4.02. The number of hydrogen-bond acceptors (Lipinski definition) is 2. The van der Waals surface area contributed by atoms with Crippen LogP contribution in [0.2, 0.25) is 0 Å². The van der Waals surface area contributed by atoms with E-state index in [1.54, 1.807) is 0 Å². The van der Waals surface area contributed by atoms with Crippen molar-refractivity contribution in [1.29, 1.82) is 0 Å². The molecule has 196 valence electrons. The summed E-state index contributed by atoms with van der Waals surface area (Å²) in [6.07, 6.45) is -4.18. The lowest BCUT2D eigenvalue weighted by molar-refractivity contribution is 0.109. The van der Waals surface area contributed by atoms with Gasteiger partial charge in [0, 0.05) is 45.9 Å². The molecule has 1 aliphatic carbocycles. The van der Waals surface area contributed by atoms with Crippen molar-refractivity contribution < 1.29 is 34.8 Å². The molecule has 36 heavy (non-hydrogen) atoms. The van der Waals surface area contributed by atoms with Crippen molar-refractivity contribution >= 4 is 20.9 Å². The van der Waals surface area contributed by atoms with Gasteiger partial charge in [0.15, 0.2) is 0 Å². The standard InChI is InChI=1S/C25H26F6N2O2S/c1-25(2,3)12-33-11-17(22(24(30)31)32-36(34,35)13-7-8-13)15-9-19(27)16(10-20(15)33)21-14(23(28)29)5-4-6-18(21)26/h4-6,9-11,13,22-24,32H,7-8,12H2,1-3H3/t22-/m0/s1. The second kappa shape index (κ2) is 9.41. The average molecular weight is 533 g/mol. The molecule has 1 fully saturated rings. The van der Waals surface area contributed by atoms with Gasteiger partial charge in [0.1, 0.15) is 17.7 Å². The third-order valence-corrected chi connectivity index (χ3v) is 7.97. The fourth-order valence-electron chi connectivity index (χ4n) is 4.33. The van der Waals surface area contributed by atoms with Crippen molar-refractivity contribution in [2.75, 3.05) is 0 Å². The average Bonchev–Trinajstić information content (AvgIpc) is 3.56. The van der Waals surface area contributed by atoms with Gasteiger partial charge >= 0.3 is 0 Å². The highest BCUT2D eigenvalue weighted by atomic mass is 32.2. The van der Waals surface area contributed by atoms with E-state index >= 15 is 4.39 Å². The number of hydrogen-bond donors (Lipinski definition) is 1. The summed E-state index contributed by atoms with van der Waals surface area (Å²) in [4.78, 5) is 0. The fraction of sp³-hybridized carbons (Fsp3) is 0.440. The number of alkyl halides is 4. The summed E-state index contributed by atoms with van der Waals surface area (Å²) in [5.41, 5.74) is -2.11. The van der Waals surface area contributed by atoms with Crippen molar-refractivity contribution in [2.24, 2.45) is 5.41 Å². The fourth-order valence-corrected chi connectivity index (χ4v) is 5.86. The lowest BCUT2D eigenvalue weighted by Gasteiger charge is -2.20. The van der Waals surface area contributed by atoms with Crippen LogP contribution in [0, 0.1) is 17.0 Å². The highest BCUT2D eigenvalue weighted by molar-refractivity contribution is 7.90. The van der Waals surface area contributed by atoms with Crippen LogP contribution in [0.25, 0.3) is 22.0 Å². The summed E-state index contributed by atoms with van der Waals surface area (Å²) in [6, 6.07) is 3.10. The number of nitrogens with one attached hydrogen (secondary N) is 1. The predicted molar refractivity (Wildman–Crippen MR) is 126 cm³/mol. The van der Waals surface area contributed by atoms with Crippen molar-refractivity contribution in [3.05, 3.63) is 59.3 Å². The topological polar surface area (TPSA) is 51.1 Å². The van der Waals surface area contributed by atoms with Crippen LogP contribution >= 0.6 is 0 Å². The summed E-state index contributed by atoms with van der Waals surface area (Å²) in [5, 5.41) is -0.766. The molecule has 0 amide bonds. The summed E-state index contributed by atoms with van der Waals surface area (Å²) in [6.45, 7) is 5.86. The Morgan fingerprint density at radius 2 is 1.69 bits per heavy atom. The Labute approximate surface area is 205 Å². The van der Waals surface area contributed by atoms with E-state index in [1.807, 2.05) is 20.8 Å². The van der Waals surface area contributed by atoms with Crippen LogP contribution in [0.3, 0.4) is 0 Å². The van der Waals surface area contributed by atoms with E-state index in [9.17, 15) is 30.4 Å². The number of aromatic nitrogens is 1. The number of benzene rings is 2. The molecule has 4 nitrogen and oxygen atoms in total. The van der Waals surface area contributed by atoms with Crippen molar-refractivity contribution in [2.45, 2.75) is 64.3 Å². The molecule has 1 atom stereocenters. The molecule has 0 radical (unpaired) electrons. The van der Waals surface area contributed by atoms with Gasteiger partial charge in [0.2, 0.25) is 10.0 Å². The Morgan fingerprint density at radius 1 is 1.03 bits per heavy atom. The first kappa shape index (κ1) is 26.5. The Balaban J connectivity index is 1.95. The van der Waals surface area contributed by atoms with E-state index in [-0.39, 0.29) is 23.0 Å². The van der Waals surface area contributed by atoms with Crippen molar-refractivity contribution in [3.63, 3.8) is 0 Å². The second-order valence-corrected chi connectivity index (χ2v) is 12.3. The molecule has 3 aromatic rings. The van der Waals surface area contributed by atoms with Gasteiger partial charge < -0.3 is 4.57 Å². The molecule has 1 saturated carbocycles. The lowest BCUT2D eigenvalue weighted by Crippen LogP contribution is -2.35. The van der Waals surface area contributed by atoms with Crippen molar-refractivity contribution in [1.82, 2.24) is 9.29 Å². The number of rotatable bonds is 8. The van der Waals surface area contributed by atoms with Crippen LogP contribution < -0.4 is 4.72 Å². The van der Waals surface area contributed by atoms with E-state index in [4.69, 9.17) is 0 Å². The Morgan fingerprint density at radius 3 is 2.25 bits per heavy atom. The molecule has 1 heterocycles. The first-order valence-corrected chi connectivity index (χ1v) is 12.9. The number of sulfonamides is 1. The van der Waals surface area contributed by atoms with Crippen LogP contribution in [0.15, 0.2) is 36.5 Å². The van der Waals surface area contributed by atoms with Crippen LogP contribution in [0.5, 0.6) is 0 Å². The Kier molecular flexibility index (Phi) is 6.93. The Bertz CT molecular complexity index is 1390. The molecule has 1 aliphatic rings. The van der Waals surface area contributed by atoms with E-state index in [2.05, 4.69) is 4.72 Å². The molecule has 0 aliphatic heterocycles. The van der Waals surface area contributed by atoms with E-state index in [0.29, 0.717) is 12.8 Å². The number of fused-ring (bicyclic) bond motifs is 1. The maximum absolute atomic E-state index is 15.3. The van der Waals surface area contributed by atoms with Gasteiger partial charge in [0.05, 0.1) is 5.25 Å². The second-order valence-electron chi connectivity index (χ2n) is 10.3. The third kappa shape index (κ3) is 5.27. The highest BCUT2D eigenvalue weighted by Crippen LogP contribution is 2.40. The minimum absolute atomic E-state index is 0.0146. The largest absolute Gasteiger partial charge is 0.347 e. The van der Waals surface area contributed by atoms with Crippen LogP contribution in [-0.4, -0.2) is 24.7 Å². The molecule has 0 spiro atoms. The first-order valence-electron chi connectivity index (χ1n) is 11.4. The predicted octanol–water partition coefficient (Wildman–Crippen LogP) is 6.96. The smallest absolute Gasteiger partial charge is 0.264 e. The van der Waals surface area contributed by atoms with Crippen LogP contribution in [0.4, 0.5) is 26.3 Å². The van der Waals surface area contributed by atoms with Crippen LogP contribution in [0.1, 0.15) is 57.2 Å². The summed E-state index contributed by atoms with van der Waals surface area (Å²) >= 11 is 0. The molecule has 2 aromatic carbocycles. The van der Waals surface area contributed by atoms with E-state index in [0.717, 1.165) is 30.3 Å². The van der Waals surface area contributed by atoms with Gasteiger partial charge in [-0.05, 0) is 36.5 Å². The summed E-state index contributed by atoms with van der Waals surface area (Å²) in [5.74, 6) is -2.15. The lowest BCUT2D eigenvalue weighted by atomic mass is 9.95. The molecule has 4 rings (SSSR count). The molecule has 0 saturated heterocycles. The molecule has 11 heteroatoms. The zero-order valence-electron chi connectivity index (χ0n) is 19.8. The zero-order chi connectivity index (χ0) is 26.6. The number of halogens is 6. The molecular formula is C25H26F6N2O2S. The monoisotopic (exact) mass is 532 g/mol. The first-order chi connectivity index (χ1) is 16.7. The molecule has 1 aromatic heterocycles. The summed E-state index contributed by atoms with van der Waals surface area (Å²) < 4.78 is 114. The minimum atomic E-state index is -4.02. The molecule has 1 N–H and O–H groups in total. The highest BCUT2D eigenvalue weighted by Gasteiger charge is 2.40. The van der Waals surface area contributed by atoms with E-state index < -0.39 is 67.9 Å². The molecule has 0 bridgehead atoms. The Hall–Kier alpha value is -2.53. The number of nitrogens with zero attached hydrogens (tertiary/aromatic N) is 1. The van der Waals surface area contributed by atoms with Gasteiger partial charge in [-0.25, -0.2) is 39.5 Å². The maximum Gasteiger partial charge on any atom is 0.264 e. The SMILES string of the molecule is CC(C)(C)Cn1cc([C@H](NS(=O)(=O)C2CC2)C(F)F)c2cc(F)c(-c3c(F)cccc3C(F)F)cc21. The maximum atomic E-state index is 15.3. The van der Waals surface area contributed by atoms with Gasteiger partial charge in [-0.15, -0.1) is 0 Å². The van der Waals surface area contributed by atoms with E-state index in [1.165, 1.54) is 10.8 Å². The van der Waals surface area contributed by atoms with Gasteiger partial charge in [-0.2, -0.15) is 0 Å². The van der Waals surface area contributed by atoms with Crippen LogP contribution in [-0.2, 0) is 16.6 Å². The quantitative estimate of drug-likeness (QED) is 0.319. The van der Waals surface area contributed by atoms with Gasteiger partial charge in [0.25, 0.3) is 12.9 Å². The third-order valence-electron chi connectivity index (χ3n) is 6.04. The van der Waals surface area contributed by atoms with Gasteiger partial charge in [-0.3, -0.25) is 0 Å². The van der Waals surface area contributed by atoms with Gasteiger partial charge in [-0.1, -0.05) is 32.9 Å². The normalized spacial score (nSPS) is 15.9. The molecule has 0 unspecified atom stereocenters. The minimum Gasteiger partial charge on any atom is -0.347 e.